The highest BCUT2D eigenvalue weighted by atomic mass is 32.2. The molecule has 0 radical (unpaired) electrons. The Kier molecular flexibility index (Phi) is 6.12. The molecule has 1 aliphatic heterocycles. The summed E-state index contributed by atoms with van der Waals surface area (Å²) in [4.78, 5) is 14.1. The van der Waals surface area contributed by atoms with Crippen molar-refractivity contribution in [1.29, 1.82) is 0 Å². The molecular formula is C23H25FN4O3S. The van der Waals surface area contributed by atoms with E-state index in [1.54, 1.807) is 6.07 Å². The van der Waals surface area contributed by atoms with Crippen LogP contribution in [0.15, 0.2) is 64.3 Å². The molecular weight excluding hydrogens is 431 g/mol. The van der Waals surface area contributed by atoms with Crippen LogP contribution in [0.2, 0.25) is 0 Å². The summed E-state index contributed by atoms with van der Waals surface area (Å²) in [6, 6.07) is 14.3. The van der Waals surface area contributed by atoms with Crippen LogP contribution < -0.4 is 10.5 Å². The Morgan fingerprint density at radius 3 is 2.44 bits per heavy atom. The molecule has 7 nitrogen and oxygen atoms in total. The maximum absolute atomic E-state index is 14.1. The van der Waals surface area contributed by atoms with Gasteiger partial charge in [0.15, 0.2) is 0 Å². The number of anilines is 1. The van der Waals surface area contributed by atoms with E-state index < -0.39 is 15.8 Å². The molecule has 0 unspecified atom stereocenters. The molecule has 2 aromatic carbocycles. The van der Waals surface area contributed by atoms with Crippen molar-refractivity contribution in [2.75, 3.05) is 31.1 Å². The second kappa shape index (κ2) is 8.84. The predicted molar refractivity (Wildman–Crippen MR) is 121 cm³/mol. The first-order valence-corrected chi connectivity index (χ1v) is 11.9. The molecule has 9 heteroatoms. The van der Waals surface area contributed by atoms with Crippen molar-refractivity contribution in [3.8, 4) is 5.69 Å². The lowest BCUT2D eigenvalue weighted by Crippen LogP contribution is -2.36. The van der Waals surface area contributed by atoms with Crippen LogP contribution in [0.3, 0.4) is 0 Å². The van der Waals surface area contributed by atoms with Crippen LogP contribution in [0, 0.1) is 19.7 Å². The highest BCUT2D eigenvalue weighted by Gasteiger charge is 2.29. The Balaban J connectivity index is 1.58. The molecule has 0 saturated carbocycles. The number of hydrogen-bond donors (Lipinski definition) is 0. The fourth-order valence-corrected chi connectivity index (χ4v) is 5.30. The lowest BCUT2D eigenvalue weighted by molar-refractivity contribution is 0.428. The zero-order chi connectivity index (χ0) is 22.9. The minimum Gasteiger partial charge on any atom is -0.354 e. The number of hydrogen-bond acceptors (Lipinski definition) is 5. The van der Waals surface area contributed by atoms with E-state index in [0.29, 0.717) is 31.0 Å². The summed E-state index contributed by atoms with van der Waals surface area (Å²) in [5.74, 6) is -0.163. The first-order valence-electron chi connectivity index (χ1n) is 10.4. The third kappa shape index (κ3) is 4.31. The van der Waals surface area contributed by atoms with Crippen LogP contribution in [-0.2, 0) is 10.0 Å². The van der Waals surface area contributed by atoms with Gasteiger partial charge in [-0.25, -0.2) is 12.8 Å². The van der Waals surface area contributed by atoms with E-state index in [1.807, 2.05) is 36.9 Å². The van der Waals surface area contributed by atoms with Crippen LogP contribution in [-0.4, -0.2) is 48.7 Å². The second-order valence-corrected chi connectivity index (χ2v) is 9.79. The molecule has 1 fully saturated rings. The molecule has 1 saturated heterocycles. The number of aryl methyl sites for hydroxylation is 2. The van der Waals surface area contributed by atoms with Gasteiger partial charge in [0.05, 0.1) is 5.69 Å². The van der Waals surface area contributed by atoms with Gasteiger partial charge in [-0.15, -0.1) is 5.10 Å². The van der Waals surface area contributed by atoms with Crippen LogP contribution >= 0.6 is 0 Å². The van der Waals surface area contributed by atoms with Crippen molar-refractivity contribution < 1.29 is 12.8 Å². The summed E-state index contributed by atoms with van der Waals surface area (Å²) in [7, 11) is -3.93. The van der Waals surface area contributed by atoms with Crippen molar-refractivity contribution >= 4 is 15.8 Å². The van der Waals surface area contributed by atoms with E-state index in [9.17, 15) is 17.6 Å². The minimum absolute atomic E-state index is 0.196. The Labute approximate surface area is 186 Å². The molecule has 2 heterocycles. The van der Waals surface area contributed by atoms with Crippen LogP contribution in [0.4, 0.5) is 10.2 Å². The third-order valence-electron chi connectivity index (χ3n) is 5.75. The summed E-state index contributed by atoms with van der Waals surface area (Å²) < 4.78 is 42.7. The van der Waals surface area contributed by atoms with E-state index >= 15 is 0 Å². The fraction of sp³-hybridized carbons (Fsp3) is 0.304. The number of aromatic nitrogens is 2. The van der Waals surface area contributed by atoms with Crippen LogP contribution in [0.5, 0.6) is 0 Å². The van der Waals surface area contributed by atoms with Gasteiger partial charge in [-0.3, -0.25) is 4.79 Å². The van der Waals surface area contributed by atoms with E-state index in [4.69, 9.17) is 0 Å². The Bertz CT molecular complexity index is 1310. The number of rotatable bonds is 4. The molecule has 4 rings (SSSR count). The van der Waals surface area contributed by atoms with Gasteiger partial charge in [0, 0.05) is 32.2 Å². The van der Waals surface area contributed by atoms with Gasteiger partial charge < -0.3 is 4.90 Å². The summed E-state index contributed by atoms with van der Waals surface area (Å²) in [6.07, 6.45) is 0.554. The number of benzene rings is 2. The van der Waals surface area contributed by atoms with Crippen molar-refractivity contribution in [2.24, 2.45) is 0 Å². The molecule has 168 valence electrons. The standard InChI is InChI=1S/C23H25FN4O3S/c1-17-8-9-19(16-18(17)2)28-23(29)11-10-22(25-28)26-12-5-13-27(15-14-26)32(30,31)21-7-4-3-6-20(21)24/h3-4,6-11,16H,5,12-15H2,1-2H3. The lowest BCUT2D eigenvalue weighted by atomic mass is 10.1. The maximum Gasteiger partial charge on any atom is 0.271 e. The summed E-state index contributed by atoms with van der Waals surface area (Å²) in [6.45, 7) is 5.41. The highest BCUT2D eigenvalue weighted by Crippen LogP contribution is 2.22. The SMILES string of the molecule is Cc1ccc(-n2nc(N3CCCN(S(=O)(=O)c4ccccc4F)CC3)ccc2=O)cc1C. The first kappa shape index (κ1) is 22.2. The van der Waals surface area contributed by atoms with Gasteiger partial charge in [0.2, 0.25) is 10.0 Å². The van der Waals surface area contributed by atoms with E-state index in [-0.39, 0.29) is 23.5 Å². The highest BCUT2D eigenvalue weighted by molar-refractivity contribution is 7.89. The Morgan fingerprint density at radius 1 is 0.906 bits per heavy atom. The molecule has 0 atom stereocenters. The minimum atomic E-state index is -3.93. The van der Waals surface area contributed by atoms with Crippen LogP contribution in [0.25, 0.3) is 5.69 Å². The average molecular weight is 457 g/mol. The van der Waals surface area contributed by atoms with Crippen molar-refractivity contribution in [3.63, 3.8) is 0 Å². The largest absolute Gasteiger partial charge is 0.354 e. The second-order valence-electron chi connectivity index (χ2n) is 7.89. The molecule has 0 N–H and O–H groups in total. The summed E-state index contributed by atoms with van der Waals surface area (Å²) >= 11 is 0. The zero-order valence-electron chi connectivity index (χ0n) is 18.0. The molecule has 1 aliphatic rings. The molecule has 1 aromatic heterocycles. The molecule has 0 bridgehead atoms. The van der Waals surface area contributed by atoms with Gasteiger partial charge >= 0.3 is 0 Å². The monoisotopic (exact) mass is 456 g/mol. The van der Waals surface area contributed by atoms with E-state index in [1.165, 1.54) is 33.3 Å². The number of nitrogens with zero attached hydrogens (tertiary/aromatic N) is 4. The van der Waals surface area contributed by atoms with Gasteiger partial charge in [0.25, 0.3) is 5.56 Å². The normalized spacial score (nSPS) is 15.5. The Hall–Kier alpha value is -3.04. The molecule has 0 amide bonds. The van der Waals surface area contributed by atoms with Gasteiger partial charge in [0.1, 0.15) is 16.5 Å². The topological polar surface area (TPSA) is 75.5 Å². The average Bonchev–Trinajstić information content (AvgIpc) is 3.03. The van der Waals surface area contributed by atoms with Gasteiger partial charge in [-0.05, 0) is 61.7 Å². The smallest absolute Gasteiger partial charge is 0.271 e. The van der Waals surface area contributed by atoms with Crippen LogP contribution in [0.1, 0.15) is 17.5 Å². The molecule has 32 heavy (non-hydrogen) atoms. The maximum atomic E-state index is 14.1. The zero-order valence-corrected chi connectivity index (χ0v) is 18.8. The third-order valence-corrected chi connectivity index (χ3v) is 7.69. The van der Waals surface area contributed by atoms with Gasteiger partial charge in [-0.2, -0.15) is 8.99 Å². The first-order chi connectivity index (χ1) is 15.3. The predicted octanol–water partition coefficient (Wildman–Crippen LogP) is 2.89. The van der Waals surface area contributed by atoms with E-state index in [2.05, 4.69) is 5.10 Å². The van der Waals surface area contributed by atoms with Gasteiger partial charge in [-0.1, -0.05) is 18.2 Å². The lowest BCUT2D eigenvalue weighted by Gasteiger charge is -2.23. The quantitative estimate of drug-likeness (QED) is 0.604. The van der Waals surface area contributed by atoms with Crippen molar-refractivity contribution in [3.05, 3.63) is 81.9 Å². The number of sulfonamides is 1. The molecule has 0 spiro atoms. The van der Waals surface area contributed by atoms with Crippen molar-refractivity contribution in [2.45, 2.75) is 25.2 Å². The number of halogens is 1. The molecule has 3 aromatic rings. The fourth-order valence-electron chi connectivity index (χ4n) is 3.77. The summed E-state index contributed by atoms with van der Waals surface area (Å²) in [5, 5.41) is 4.54. The van der Waals surface area contributed by atoms with E-state index in [0.717, 1.165) is 17.2 Å². The Morgan fingerprint density at radius 2 is 1.69 bits per heavy atom. The molecule has 0 aliphatic carbocycles. The summed E-state index contributed by atoms with van der Waals surface area (Å²) in [5.41, 5.74) is 2.63. The van der Waals surface area contributed by atoms with Crippen molar-refractivity contribution in [1.82, 2.24) is 14.1 Å².